The largest absolute Gasteiger partial charge is 0.409 e. The number of allylic oxidation sites excluding steroid dienone is 1. The van der Waals surface area contributed by atoms with Crippen molar-refractivity contribution < 1.29 is 18.0 Å². The predicted molar refractivity (Wildman–Crippen MR) is 97.4 cm³/mol. The van der Waals surface area contributed by atoms with Gasteiger partial charge in [-0.25, -0.2) is 4.98 Å². The first-order valence-electron chi connectivity index (χ1n) is 7.82. The molecule has 2 heterocycles. The Morgan fingerprint density at radius 3 is 2.81 bits per heavy atom. The van der Waals surface area contributed by atoms with Gasteiger partial charge in [-0.1, -0.05) is 30.0 Å². The monoisotopic (exact) mass is 379 g/mol. The summed E-state index contributed by atoms with van der Waals surface area (Å²) in [5.74, 6) is -0.339. The van der Waals surface area contributed by atoms with E-state index in [-0.39, 0.29) is 17.4 Å². The van der Waals surface area contributed by atoms with Crippen LogP contribution < -0.4 is 10.6 Å². The zero-order chi connectivity index (χ0) is 18.9. The van der Waals surface area contributed by atoms with Crippen molar-refractivity contribution in [3.8, 4) is 0 Å². The van der Waals surface area contributed by atoms with Gasteiger partial charge in [-0.2, -0.15) is 13.2 Å². The Hall–Kier alpha value is -2.48. The van der Waals surface area contributed by atoms with Crippen molar-refractivity contribution in [2.45, 2.75) is 30.4 Å². The average Bonchev–Trinajstić information content (AvgIpc) is 2.91. The van der Waals surface area contributed by atoms with E-state index >= 15 is 0 Å². The van der Waals surface area contributed by atoms with Crippen LogP contribution in [0.5, 0.6) is 0 Å². The van der Waals surface area contributed by atoms with Gasteiger partial charge in [0.15, 0.2) is 0 Å². The van der Waals surface area contributed by atoms with Crippen LogP contribution in [0.25, 0.3) is 6.08 Å². The molecule has 0 saturated heterocycles. The summed E-state index contributed by atoms with van der Waals surface area (Å²) in [5, 5.41) is 7.12. The molecule has 0 bridgehead atoms. The lowest BCUT2D eigenvalue weighted by Crippen LogP contribution is -2.14. The SMILES string of the molecule is Cc1cc(/C=C/C(F)(F)F)ccc1C(=O)Nc1cnc2c(c1)NC(C)S2. The van der Waals surface area contributed by atoms with Gasteiger partial charge < -0.3 is 10.6 Å². The summed E-state index contributed by atoms with van der Waals surface area (Å²) in [6.45, 7) is 3.70. The summed E-state index contributed by atoms with van der Waals surface area (Å²) in [6.07, 6.45) is -1.64. The molecule has 1 aromatic carbocycles. The molecular weight excluding hydrogens is 363 g/mol. The number of nitrogens with one attached hydrogen (secondary N) is 2. The quantitative estimate of drug-likeness (QED) is 0.781. The van der Waals surface area contributed by atoms with Crippen LogP contribution in [0.1, 0.15) is 28.4 Å². The van der Waals surface area contributed by atoms with Gasteiger partial charge in [0.25, 0.3) is 5.91 Å². The smallest absolute Gasteiger partial charge is 0.371 e. The van der Waals surface area contributed by atoms with E-state index < -0.39 is 6.18 Å². The molecule has 1 aliphatic heterocycles. The number of rotatable bonds is 3. The van der Waals surface area contributed by atoms with Crippen molar-refractivity contribution in [1.82, 2.24) is 4.98 Å². The Kier molecular flexibility index (Phi) is 4.95. The summed E-state index contributed by atoms with van der Waals surface area (Å²) < 4.78 is 36.7. The standard InChI is InChI=1S/C18H16F3N3OS/c1-10-7-12(5-6-18(19,20)21)3-4-14(10)16(25)24-13-8-15-17(22-9-13)26-11(2)23-15/h3-9,11,23H,1-2H3,(H,24,25)/b6-5+. The van der Waals surface area contributed by atoms with Crippen molar-refractivity contribution in [1.29, 1.82) is 0 Å². The lowest BCUT2D eigenvalue weighted by molar-refractivity contribution is -0.0790. The van der Waals surface area contributed by atoms with Crippen molar-refractivity contribution in [2.75, 3.05) is 10.6 Å². The average molecular weight is 379 g/mol. The van der Waals surface area contributed by atoms with Crippen LogP contribution in [0.4, 0.5) is 24.5 Å². The number of aryl methyl sites for hydroxylation is 1. The van der Waals surface area contributed by atoms with Crippen LogP contribution >= 0.6 is 11.8 Å². The number of halogens is 3. The van der Waals surface area contributed by atoms with E-state index in [1.807, 2.05) is 13.0 Å². The number of aromatic nitrogens is 1. The van der Waals surface area contributed by atoms with Gasteiger partial charge in [-0.3, -0.25) is 4.79 Å². The van der Waals surface area contributed by atoms with Crippen molar-refractivity contribution in [3.05, 3.63) is 53.2 Å². The minimum Gasteiger partial charge on any atom is -0.371 e. The second-order valence-corrected chi connectivity index (χ2v) is 7.21. The van der Waals surface area contributed by atoms with E-state index in [0.29, 0.717) is 22.4 Å². The second kappa shape index (κ2) is 7.03. The lowest BCUT2D eigenvalue weighted by Gasteiger charge is -2.09. The third-order valence-corrected chi connectivity index (χ3v) is 4.74. The Bertz CT molecular complexity index is 880. The number of pyridine rings is 1. The third kappa shape index (κ3) is 4.37. The van der Waals surface area contributed by atoms with Crippen molar-refractivity contribution in [3.63, 3.8) is 0 Å². The van der Waals surface area contributed by atoms with E-state index in [4.69, 9.17) is 0 Å². The van der Waals surface area contributed by atoms with Crippen LogP contribution in [0.15, 0.2) is 41.6 Å². The molecule has 8 heteroatoms. The molecule has 1 atom stereocenters. The molecule has 0 aliphatic carbocycles. The number of thioether (sulfide) groups is 1. The number of fused-ring (bicyclic) bond motifs is 1. The third-order valence-electron chi connectivity index (χ3n) is 3.72. The Balaban J connectivity index is 1.74. The van der Waals surface area contributed by atoms with E-state index in [9.17, 15) is 18.0 Å². The highest BCUT2D eigenvalue weighted by molar-refractivity contribution is 8.00. The van der Waals surface area contributed by atoms with Gasteiger partial charge in [0.05, 0.1) is 22.9 Å². The zero-order valence-corrected chi connectivity index (χ0v) is 14.8. The summed E-state index contributed by atoms with van der Waals surface area (Å²) in [7, 11) is 0. The van der Waals surface area contributed by atoms with E-state index in [2.05, 4.69) is 15.6 Å². The number of hydrogen-bond donors (Lipinski definition) is 2. The molecule has 1 aliphatic rings. The highest BCUT2D eigenvalue weighted by Gasteiger charge is 2.22. The maximum absolute atomic E-state index is 12.5. The van der Waals surface area contributed by atoms with Crippen LogP contribution in [-0.2, 0) is 0 Å². The fourth-order valence-electron chi connectivity index (χ4n) is 2.57. The summed E-state index contributed by atoms with van der Waals surface area (Å²) in [4.78, 5) is 16.8. The molecule has 26 heavy (non-hydrogen) atoms. The van der Waals surface area contributed by atoms with Gasteiger partial charge in [-0.15, -0.1) is 0 Å². The van der Waals surface area contributed by atoms with Crippen LogP contribution in [-0.4, -0.2) is 22.4 Å². The lowest BCUT2D eigenvalue weighted by atomic mass is 10.0. The van der Waals surface area contributed by atoms with Gasteiger partial charge in [0, 0.05) is 11.6 Å². The molecule has 2 N–H and O–H groups in total. The Morgan fingerprint density at radius 1 is 1.35 bits per heavy atom. The summed E-state index contributed by atoms with van der Waals surface area (Å²) >= 11 is 1.60. The molecule has 0 spiro atoms. The normalized spacial score (nSPS) is 16.4. The molecule has 1 unspecified atom stereocenters. The number of nitrogens with zero attached hydrogens (tertiary/aromatic N) is 1. The maximum Gasteiger partial charge on any atom is 0.409 e. The molecule has 1 aromatic heterocycles. The Labute approximate surface area is 152 Å². The van der Waals surface area contributed by atoms with Crippen LogP contribution in [0.3, 0.4) is 0 Å². The van der Waals surface area contributed by atoms with Crippen LogP contribution in [0.2, 0.25) is 0 Å². The summed E-state index contributed by atoms with van der Waals surface area (Å²) in [5.41, 5.74) is 2.78. The number of carbonyl (C=O) groups excluding carboxylic acids is 1. The first-order chi connectivity index (χ1) is 12.2. The van der Waals surface area contributed by atoms with E-state index in [1.54, 1.807) is 24.9 Å². The van der Waals surface area contributed by atoms with E-state index in [1.165, 1.54) is 18.2 Å². The van der Waals surface area contributed by atoms with Crippen molar-refractivity contribution >= 4 is 35.1 Å². The molecule has 1 amide bonds. The van der Waals surface area contributed by atoms with Crippen LogP contribution in [0, 0.1) is 6.92 Å². The first-order valence-corrected chi connectivity index (χ1v) is 8.70. The molecule has 2 aromatic rings. The topological polar surface area (TPSA) is 54.0 Å². The predicted octanol–water partition coefficient (Wildman–Crippen LogP) is 5.08. The molecule has 0 saturated carbocycles. The van der Waals surface area contributed by atoms with Crippen molar-refractivity contribution in [2.24, 2.45) is 0 Å². The highest BCUT2D eigenvalue weighted by Crippen LogP contribution is 2.37. The Morgan fingerprint density at radius 2 is 2.12 bits per heavy atom. The minimum absolute atomic E-state index is 0.170. The number of benzene rings is 1. The molecule has 0 radical (unpaired) electrons. The number of anilines is 2. The molecule has 136 valence electrons. The number of carbonyl (C=O) groups is 1. The van der Waals surface area contributed by atoms with Gasteiger partial charge in [0.2, 0.25) is 0 Å². The second-order valence-electron chi connectivity index (χ2n) is 5.88. The molecule has 4 nitrogen and oxygen atoms in total. The van der Waals surface area contributed by atoms with E-state index in [0.717, 1.165) is 16.8 Å². The molecule has 0 fully saturated rings. The number of amides is 1. The highest BCUT2D eigenvalue weighted by atomic mass is 32.2. The van der Waals surface area contributed by atoms with Gasteiger partial charge >= 0.3 is 6.18 Å². The fraction of sp³-hybridized carbons (Fsp3) is 0.222. The minimum atomic E-state index is -4.37. The number of hydrogen-bond acceptors (Lipinski definition) is 4. The first kappa shape index (κ1) is 18.3. The summed E-state index contributed by atoms with van der Waals surface area (Å²) in [6, 6.07) is 6.34. The molecular formula is C18H16F3N3OS. The maximum atomic E-state index is 12.5. The van der Waals surface area contributed by atoms with Gasteiger partial charge in [0.1, 0.15) is 5.03 Å². The molecule has 3 rings (SSSR count). The fourth-order valence-corrected chi connectivity index (χ4v) is 3.45. The zero-order valence-electron chi connectivity index (χ0n) is 14.0. The van der Waals surface area contributed by atoms with Gasteiger partial charge in [-0.05, 0) is 37.1 Å². The number of alkyl halides is 3.